The molecule has 202 valence electrons. The van der Waals surface area contributed by atoms with E-state index in [-0.39, 0.29) is 69.0 Å². The quantitative estimate of drug-likeness (QED) is 0.0767. The number of β-lactam (4-membered cyclic amide) rings is 1. The van der Waals surface area contributed by atoms with Crippen LogP contribution in [0.5, 0.6) is 5.75 Å². The first kappa shape index (κ1) is 30.0. The number of phenolic OH excluding ortho intramolecular Hbond substituents is 1. The number of carboxylic acids is 1. The van der Waals surface area contributed by atoms with Crippen LogP contribution in [0.1, 0.15) is 5.69 Å². The summed E-state index contributed by atoms with van der Waals surface area (Å²) in [5.41, 5.74) is 6.61. The molecule has 40 heavy (non-hydrogen) atoms. The van der Waals surface area contributed by atoms with Crippen molar-refractivity contribution >= 4 is 63.5 Å². The maximum atomic E-state index is 13.0. The Hall–Kier alpha value is -3.02. The van der Waals surface area contributed by atoms with Gasteiger partial charge in [-0.05, 0) is 29.8 Å². The molecule has 0 saturated carbocycles. The predicted molar refractivity (Wildman–Crippen MR) is 141 cm³/mol. The molecule has 0 radical (unpaired) electrons. The Kier molecular flexibility index (Phi) is 9.48. The van der Waals surface area contributed by atoms with Crippen molar-refractivity contribution in [3.8, 4) is 17.1 Å². The number of oxazole rings is 1. The maximum Gasteiger partial charge on any atom is 1.00 e. The third kappa shape index (κ3) is 6.01. The predicted octanol–water partition coefficient (Wildman–Crippen LogP) is -2.36. The number of nitrogens with two attached hydrogens (primary N) is 1. The van der Waals surface area contributed by atoms with Crippen LogP contribution in [-0.2, 0) is 19.2 Å². The van der Waals surface area contributed by atoms with Gasteiger partial charge in [-0.15, -0.1) is 23.1 Å². The number of carboxylic acid groups (broad SMARTS) is 1. The fourth-order valence-electron chi connectivity index (χ4n) is 3.92. The minimum absolute atomic E-state index is 0. The smallest absolute Gasteiger partial charge is 0.543 e. The number of phenols is 1. The second-order valence-electron chi connectivity index (χ2n) is 8.12. The Morgan fingerprint density at radius 3 is 2.77 bits per heavy atom. The van der Waals surface area contributed by atoms with Gasteiger partial charge in [-0.25, -0.2) is 9.97 Å². The van der Waals surface area contributed by atoms with Crippen LogP contribution < -0.4 is 45.7 Å². The van der Waals surface area contributed by atoms with Crippen molar-refractivity contribution in [2.75, 3.05) is 24.3 Å². The van der Waals surface area contributed by atoms with E-state index in [1.807, 2.05) is 0 Å². The molecule has 2 amide bonds. The fraction of sp³-hybridized carbons (Fsp3) is 0.217. The fourth-order valence-corrected chi connectivity index (χ4v) is 6.75. The number of amides is 2. The number of nitrogens with zero attached hydrogens (tertiary/aromatic N) is 4. The van der Waals surface area contributed by atoms with Crippen LogP contribution in [-0.4, -0.2) is 73.5 Å². The van der Waals surface area contributed by atoms with Crippen molar-refractivity contribution in [3.05, 3.63) is 52.8 Å². The maximum absolute atomic E-state index is 13.0. The average molecular weight is 611 g/mol. The molecule has 2 aromatic heterocycles. The molecular weight excluding hydrogens is 591 g/mol. The molecule has 0 bridgehead atoms. The molecule has 1 aromatic carbocycles. The summed E-state index contributed by atoms with van der Waals surface area (Å²) in [5.74, 6) is -1.72. The first-order valence-corrected chi connectivity index (χ1v) is 14.1. The molecule has 1 fully saturated rings. The van der Waals surface area contributed by atoms with Crippen LogP contribution in [0.25, 0.3) is 11.3 Å². The standard InChI is InChI=1S/C23H20N6O7S3.Na/c1-35-28-15(13-9-38-22(24)26-13)18(31)27-16-19(32)29-17(21(33)34)11(7-37-20(16)29)8-39-23-25-6-14(36-23)10-2-4-12(30)5-3-10;/h2-6,9,16,20,30H,7-8H2,1H3,(H2,24,26)(H,27,31)(H,33,34);/q;+1/p-1/b28-15-;/t16-,20-;/m1./s1. The number of carbonyl (C=O) groups is 3. The Labute approximate surface area is 261 Å². The molecule has 4 heterocycles. The zero-order valence-corrected chi connectivity index (χ0v) is 25.5. The molecule has 4 N–H and O–H groups in total. The summed E-state index contributed by atoms with van der Waals surface area (Å²) in [6.07, 6.45) is 1.53. The Morgan fingerprint density at radius 2 is 2.12 bits per heavy atom. The van der Waals surface area contributed by atoms with Crippen LogP contribution >= 0.6 is 34.9 Å². The Bertz CT molecular complexity index is 1510. The van der Waals surface area contributed by atoms with Gasteiger partial charge in [0.15, 0.2) is 16.6 Å². The van der Waals surface area contributed by atoms with E-state index in [0.29, 0.717) is 22.1 Å². The van der Waals surface area contributed by atoms with Gasteiger partial charge in [0, 0.05) is 22.4 Å². The normalized spacial score (nSPS) is 18.5. The van der Waals surface area contributed by atoms with Crippen molar-refractivity contribution in [1.82, 2.24) is 20.2 Å². The number of hydrogen-bond donors (Lipinski definition) is 3. The number of thioether (sulfide) groups is 2. The van der Waals surface area contributed by atoms with Crippen LogP contribution in [0.2, 0.25) is 0 Å². The van der Waals surface area contributed by atoms with Crippen molar-refractivity contribution in [1.29, 1.82) is 0 Å². The van der Waals surface area contributed by atoms with Crippen LogP contribution in [0.3, 0.4) is 0 Å². The summed E-state index contributed by atoms with van der Waals surface area (Å²) in [6.45, 7) is 0. The van der Waals surface area contributed by atoms with Gasteiger partial charge in [0.2, 0.25) is 0 Å². The topological polar surface area (TPSA) is 196 Å². The second-order valence-corrected chi connectivity index (χ2v) is 11.0. The van der Waals surface area contributed by atoms with Crippen LogP contribution in [0.4, 0.5) is 5.13 Å². The van der Waals surface area contributed by atoms with Gasteiger partial charge in [0.25, 0.3) is 17.0 Å². The zero-order valence-electron chi connectivity index (χ0n) is 21.0. The van der Waals surface area contributed by atoms with Gasteiger partial charge in [-0.1, -0.05) is 16.9 Å². The molecule has 1 saturated heterocycles. The first-order chi connectivity index (χ1) is 18.8. The number of nitrogen functional groups attached to an aromatic ring is 1. The number of aromatic nitrogens is 2. The zero-order chi connectivity index (χ0) is 27.7. The van der Waals surface area contributed by atoms with Gasteiger partial charge < -0.3 is 35.3 Å². The monoisotopic (exact) mass is 610 g/mol. The Balaban J connectivity index is 0.00000370. The summed E-state index contributed by atoms with van der Waals surface area (Å²) in [5, 5.41) is 29.2. The third-order valence-electron chi connectivity index (χ3n) is 5.70. The summed E-state index contributed by atoms with van der Waals surface area (Å²) in [7, 11) is 1.26. The number of anilines is 1. The number of nitrogens with one attached hydrogen (secondary N) is 1. The molecule has 17 heteroatoms. The van der Waals surface area contributed by atoms with Crippen molar-refractivity contribution in [2.45, 2.75) is 16.6 Å². The molecule has 5 rings (SSSR count). The first-order valence-electron chi connectivity index (χ1n) is 11.2. The van der Waals surface area contributed by atoms with Crippen LogP contribution in [0.15, 0.2) is 61.9 Å². The van der Waals surface area contributed by atoms with E-state index in [9.17, 15) is 24.6 Å². The minimum atomic E-state index is -1.49. The minimum Gasteiger partial charge on any atom is -0.543 e. The van der Waals surface area contributed by atoms with Crippen LogP contribution in [0, 0.1) is 0 Å². The van der Waals surface area contributed by atoms with Gasteiger partial charge in [0.1, 0.15) is 30.0 Å². The largest absolute Gasteiger partial charge is 1.00 e. The molecule has 2 atom stereocenters. The SMILES string of the molecule is CO/N=C(\C(=O)N[C@@H]1C(=O)N2C(C(=O)[O-])=C(CSc3ncc(-c4ccc(O)cc4)o3)CS[C@H]12)c1csc(N)n1.[Na+]. The van der Waals surface area contributed by atoms with Gasteiger partial charge >= 0.3 is 29.6 Å². The van der Waals surface area contributed by atoms with E-state index < -0.39 is 29.2 Å². The Morgan fingerprint density at radius 1 is 1.38 bits per heavy atom. The van der Waals surface area contributed by atoms with Crippen molar-refractivity contribution in [2.24, 2.45) is 5.16 Å². The van der Waals surface area contributed by atoms with Gasteiger partial charge in [0.05, 0.1) is 17.9 Å². The number of carbonyl (C=O) groups excluding carboxylic acids is 3. The molecule has 0 unspecified atom stereocenters. The van der Waals surface area contributed by atoms with Gasteiger partial charge in [-0.3, -0.25) is 14.5 Å². The number of benzene rings is 1. The van der Waals surface area contributed by atoms with E-state index in [4.69, 9.17) is 15.0 Å². The summed E-state index contributed by atoms with van der Waals surface area (Å²) >= 11 is 3.59. The molecule has 0 spiro atoms. The van der Waals surface area contributed by atoms with Crippen molar-refractivity contribution < 1.29 is 63.4 Å². The summed E-state index contributed by atoms with van der Waals surface area (Å²) in [6, 6.07) is 5.43. The average Bonchev–Trinajstić information content (AvgIpc) is 3.57. The van der Waals surface area contributed by atoms with E-state index in [1.165, 1.54) is 54.3 Å². The molecule has 0 aliphatic carbocycles. The number of aromatic hydroxyl groups is 1. The molecule has 2 aliphatic heterocycles. The number of hydrogen-bond acceptors (Lipinski definition) is 14. The molecular formula is C23H19N6NaO7S3. The van der Waals surface area contributed by atoms with E-state index in [2.05, 4.69) is 20.4 Å². The molecule has 13 nitrogen and oxygen atoms in total. The molecule has 2 aliphatic rings. The number of rotatable bonds is 9. The van der Waals surface area contributed by atoms with Crippen molar-refractivity contribution in [3.63, 3.8) is 0 Å². The van der Waals surface area contributed by atoms with E-state index >= 15 is 0 Å². The third-order valence-corrected chi connectivity index (χ3v) is 8.64. The number of fused-ring (bicyclic) bond motifs is 1. The second kappa shape index (κ2) is 12.7. The molecule has 3 aromatic rings. The number of thiazole rings is 1. The van der Waals surface area contributed by atoms with Gasteiger partial charge in [-0.2, -0.15) is 0 Å². The van der Waals surface area contributed by atoms with E-state index in [1.54, 1.807) is 12.1 Å². The summed E-state index contributed by atoms with van der Waals surface area (Å²) in [4.78, 5) is 52.0. The number of aliphatic carboxylic acids is 1. The number of oxime groups is 1. The van der Waals surface area contributed by atoms with E-state index in [0.717, 1.165) is 16.2 Å². The summed E-state index contributed by atoms with van der Waals surface area (Å²) < 4.78 is 5.74.